The quantitative estimate of drug-likeness (QED) is 0.636. The number of hydrogen-bond acceptors (Lipinski definition) is 3. The molecule has 1 atom stereocenters. The molecule has 0 rings (SSSR count). The van der Waals surface area contributed by atoms with Gasteiger partial charge in [0.05, 0.1) is 12.5 Å². The van der Waals surface area contributed by atoms with Crippen molar-refractivity contribution >= 4 is 5.97 Å². The second-order valence-corrected chi connectivity index (χ2v) is 5.09. The molecule has 0 aliphatic rings. The van der Waals surface area contributed by atoms with Crippen LogP contribution in [0.1, 0.15) is 34.1 Å². The van der Waals surface area contributed by atoms with Crippen molar-refractivity contribution in [2.75, 3.05) is 27.2 Å². The summed E-state index contributed by atoms with van der Waals surface area (Å²) in [5, 5.41) is 0. The molecule has 15 heavy (non-hydrogen) atoms. The zero-order valence-electron chi connectivity index (χ0n) is 11.0. The monoisotopic (exact) mass is 215 g/mol. The van der Waals surface area contributed by atoms with Gasteiger partial charge in [0.1, 0.15) is 0 Å². The predicted octanol–water partition coefficient (Wildman–Crippen LogP) is 2.16. The van der Waals surface area contributed by atoms with Crippen molar-refractivity contribution in [1.82, 2.24) is 4.90 Å². The maximum Gasteiger partial charge on any atom is 0.312 e. The van der Waals surface area contributed by atoms with Gasteiger partial charge in [-0.25, -0.2) is 0 Å². The van der Waals surface area contributed by atoms with Gasteiger partial charge in [-0.15, -0.1) is 0 Å². The average Bonchev–Trinajstić information content (AvgIpc) is 2.15. The zero-order valence-corrected chi connectivity index (χ0v) is 11.0. The normalized spacial score (nSPS) is 14.1. The first-order valence-corrected chi connectivity index (χ1v) is 5.60. The fourth-order valence-electron chi connectivity index (χ4n) is 1.74. The highest BCUT2D eigenvalue weighted by molar-refractivity contribution is 5.76. The highest BCUT2D eigenvalue weighted by Gasteiger charge is 2.30. The molecule has 0 N–H and O–H groups in total. The van der Waals surface area contributed by atoms with Gasteiger partial charge in [-0.3, -0.25) is 4.79 Å². The number of hydrogen-bond donors (Lipinski definition) is 0. The SMILES string of the molecule is CCC(C)CN(C)CC(C)(C)C(=O)OC. The molecule has 0 aromatic carbocycles. The van der Waals surface area contributed by atoms with E-state index >= 15 is 0 Å². The number of methoxy groups -OCH3 is 1. The van der Waals surface area contributed by atoms with Crippen molar-refractivity contribution in [2.24, 2.45) is 11.3 Å². The summed E-state index contributed by atoms with van der Waals surface area (Å²) in [6.07, 6.45) is 1.17. The molecule has 0 amide bonds. The lowest BCUT2D eigenvalue weighted by atomic mass is 9.92. The van der Waals surface area contributed by atoms with Crippen LogP contribution in [0.2, 0.25) is 0 Å². The largest absolute Gasteiger partial charge is 0.469 e. The lowest BCUT2D eigenvalue weighted by Crippen LogP contribution is -2.39. The van der Waals surface area contributed by atoms with Crippen molar-refractivity contribution < 1.29 is 9.53 Å². The first-order chi connectivity index (χ1) is 6.83. The molecule has 0 radical (unpaired) electrons. The first kappa shape index (κ1) is 14.4. The van der Waals surface area contributed by atoms with E-state index in [0.717, 1.165) is 13.1 Å². The lowest BCUT2D eigenvalue weighted by molar-refractivity contribution is -0.151. The zero-order chi connectivity index (χ0) is 12.1. The molecule has 1 unspecified atom stereocenters. The molecule has 0 heterocycles. The molecule has 0 bridgehead atoms. The molecular formula is C12H25NO2. The summed E-state index contributed by atoms with van der Waals surface area (Å²) in [7, 11) is 3.50. The third-order valence-electron chi connectivity index (χ3n) is 2.72. The molecule has 90 valence electrons. The summed E-state index contributed by atoms with van der Waals surface area (Å²) < 4.78 is 4.78. The topological polar surface area (TPSA) is 29.5 Å². The molecule has 0 aromatic heterocycles. The highest BCUT2D eigenvalue weighted by Crippen LogP contribution is 2.19. The second-order valence-electron chi connectivity index (χ2n) is 5.09. The summed E-state index contributed by atoms with van der Waals surface area (Å²) in [4.78, 5) is 13.7. The minimum absolute atomic E-state index is 0.140. The van der Waals surface area contributed by atoms with Gasteiger partial charge in [-0.1, -0.05) is 20.3 Å². The Hall–Kier alpha value is -0.570. The van der Waals surface area contributed by atoms with E-state index in [1.165, 1.54) is 13.5 Å². The van der Waals surface area contributed by atoms with Crippen molar-refractivity contribution in [3.63, 3.8) is 0 Å². The number of esters is 1. The Balaban J connectivity index is 4.15. The molecule has 3 nitrogen and oxygen atoms in total. The fourth-order valence-corrected chi connectivity index (χ4v) is 1.74. The molecule has 0 saturated heterocycles. The standard InChI is InChI=1S/C12H25NO2/c1-7-10(2)8-13(5)9-12(3,4)11(14)15-6/h10H,7-9H2,1-6H3. The molecular weight excluding hydrogens is 190 g/mol. The summed E-state index contributed by atoms with van der Waals surface area (Å²) in [5.74, 6) is 0.530. The average molecular weight is 215 g/mol. The van der Waals surface area contributed by atoms with E-state index < -0.39 is 5.41 Å². The van der Waals surface area contributed by atoms with Crippen LogP contribution in [0.3, 0.4) is 0 Å². The molecule has 0 aliphatic heterocycles. The number of nitrogens with zero attached hydrogens (tertiary/aromatic N) is 1. The number of rotatable bonds is 6. The summed E-state index contributed by atoms with van der Waals surface area (Å²) in [6.45, 7) is 10.0. The van der Waals surface area contributed by atoms with Gasteiger partial charge in [-0.2, -0.15) is 0 Å². The number of carbonyl (C=O) groups is 1. The van der Waals surface area contributed by atoms with E-state index in [1.54, 1.807) is 0 Å². The van der Waals surface area contributed by atoms with Crippen molar-refractivity contribution in [3.8, 4) is 0 Å². The molecule has 3 heteroatoms. The first-order valence-electron chi connectivity index (χ1n) is 5.60. The van der Waals surface area contributed by atoms with Crippen LogP contribution in [-0.4, -0.2) is 38.1 Å². The Morgan fingerprint density at radius 2 is 2.00 bits per heavy atom. The Bertz CT molecular complexity index is 202. The van der Waals surface area contributed by atoms with Crippen LogP contribution >= 0.6 is 0 Å². The van der Waals surface area contributed by atoms with Gasteiger partial charge in [0, 0.05) is 13.1 Å². The minimum Gasteiger partial charge on any atom is -0.469 e. The van der Waals surface area contributed by atoms with Crippen molar-refractivity contribution in [1.29, 1.82) is 0 Å². The minimum atomic E-state index is -0.420. The molecule has 0 fully saturated rings. The maximum absolute atomic E-state index is 11.5. The number of ether oxygens (including phenoxy) is 1. The molecule has 0 saturated carbocycles. The summed E-state index contributed by atoms with van der Waals surface area (Å²) in [5.41, 5.74) is -0.420. The van der Waals surface area contributed by atoms with E-state index in [2.05, 4.69) is 25.8 Å². The van der Waals surface area contributed by atoms with Crippen LogP contribution in [0.5, 0.6) is 0 Å². The van der Waals surface area contributed by atoms with E-state index in [0.29, 0.717) is 5.92 Å². The predicted molar refractivity (Wildman–Crippen MR) is 62.7 cm³/mol. The van der Waals surface area contributed by atoms with Gasteiger partial charge in [0.15, 0.2) is 0 Å². The Kier molecular flexibility index (Phi) is 5.88. The van der Waals surface area contributed by atoms with Gasteiger partial charge in [0.2, 0.25) is 0 Å². The second kappa shape index (κ2) is 6.11. The van der Waals surface area contributed by atoms with Crippen LogP contribution in [0.25, 0.3) is 0 Å². The Labute approximate surface area is 93.8 Å². The molecule has 0 aromatic rings. The third-order valence-corrected chi connectivity index (χ3v) is 2.72. The molecule has 0 aliphatic carbocycles. The fraction of sp³-hybridized carbons (Fsp3) is 0.917. The Morgan fingerprint density at radius 1 is 1.47 bits per heavy atom. The van der Waals surface area contributed by atoms with Crippen LogP contribution in [-0.2, 0) is 9.53 Å². The summed E-state index contributed by atoms with van der Waals surface area (Å²) >= 11 is 0. The van der Waals surface area contributed by atoms with Gasteiger partial charge < -0.3 is 9.64 Å². The number of carbonyl (C=O) groups excluding carboxylic acids is 1. The van der Waals surface area contributed by atoms with Crippen molar-refractivity contribution in [2.45, 2.75) is 34.1 Å². The third kappa shape index (κ3) is 5.17. The van der Waals surface area contributed by atoms with Crippen LogP contribution in [0.4, 0.5) is 0 Å². The maximum atomic E-state index is 11.5. The lowest BCUT2D eigenvalue weighted by Gasteiger charge is -2.29. The molecule has 0 spiro atoms. The van der Waals surface area contributed by atoms with E-state index in [4.69, 9.17) is 4.74 Å². The van der Waals surface area contributed by atoms with E-state index in [9.17, 15) is 4.79 Å². The van der Waals surface area contributed by atoms with Crippen LogP contribution in [0.15, 0.2) is 0 Å². The van der Waals surface area contributed by atoms with Gasteiger partial charge >= 0.3 is 5.97 Å². The Morgan fingerprint density at radius 3 is 2.40 bits per heavy atom. The summed E-state index contributed by atoms with van der Waals surface area (Å²) in [6, 6.07) is 0. The highest BCUT2D eigenvalue weighted by atomic mass is 16.5. The van der Waals surface area contributed by atoms with Crippen molar-refractivity contribution in [3.05, 3.63) is 0 Å². The smallest absolute Gasteiger partial charge is 0.312 e. The van der Waals surface area contributed by atoms with E-state index in [1.807, 2.05) is 13.8 Å². The van der Waals surface area contributed by atoms with Gasteiger partial charge in [-0.05, 0) is 26.8 Å². The van der Waals surface area contributed by atoms with Crippen LogP contribution < -0.4 is 0 Å². The van der Waals surface area contributed by atoms with Crippen LogP contribution in [0, 0.1) is 11.3 Å². The van der Waals surface area contributed by atoms with Gasteiger partial charge in [0.25, 0.3) is 0 Å². The van der Waals surface area contributed by atoms with E-state index in [-0.39, 0.29) is 5.97 Å².